The molecule has 17 heavy (non-hydrogen) atoms. The number of amides is 2. The highest BCUT2D eigenvalue weighted by molar-refractivity contribution is 5.74. The molecule has 2 rings (SSSR count). The molecule has 0 aromatic heterocycles. The molecule has 2 fully saturated rings. The van der Waals surface area contributed by atoms with Gasteiger partial charge in [0.05, 0.1) is 0 Å². The average molecular weight is 239 g/mol. The lowest BCUT2D eigenvalue weighted by molar-refractivity contribution is 0.184. The third-order valence-electron chi connectivity index (χ3n) is 3.86. The molecule has 4 nitrogen and oxygen atoms in total. The van der Waals surface area contributed by atoms with Crippen molar-refractivity contribution in [1.29, 1.82) is 0 Å². The van der Waals surface area contributed by atoms with E-state index in [1.165, 1.54) is 25.7 Å². The summed E-state index contributed by atoms with van der Waals surface area (Å²) in [5.74, 6) is 0.677. The topological polar surface area (TPSA) is 44.4 Å². The van der Waals surface area contributed by atoms with E-state index in [0.29, 0.717) is 18.0 Å². The molecule has 2 heterocycles. The largest absolute Gasteiger partial charge is 0.336 e. The number of piperidine rings is 1. The van der Waals surface area contributed by atoms with Crippen molar-refractivity contribution >= 4 is 6.03 Å². The molecule has 0 aromatic carbocycles. The van der Waals surface area contributed by atoms with Gasteiger partial charge in [0, 0.05) is 31.7 Å². The fourth-order valence-corrected chi connectivity index (χ4v) is 3.15. The standard InChI is InChI=1S/C13H25N3O/c1-9(2)14-13(17)16(3)8-10-6-11-4-5-12(7-10)15-11/h9-12,15H,4-8H2,1-3H3,(H,14,17). The summed E-state index contributed by atoms with van der Waals surface area (Å²) in [6.45, 7) is 4.89. The van der Waals surface area contributed by atoms with Crippen molar-refractivity contribution in [2.24, 2.45) is 5.92 Å². The second-order valence-corrected chi connectivity index (χ2v) is 5.96. The third-order valence-corrected chi connectivity index (χ3v) is 3.86. The second-order valence-electron chi connectivity index (χ2n) is 5.96. The summed E-state index contributed by atoms with van der Waals surface area (Å²) >= 11 is 0. The van der Waals surface area contributed by atoms with Crippen LogP contribution in [0.25, 0.3) is 0 Å². The highest BCUT2D eigenvalue weighted by Crippen LogP contribution is 2.31. The van der Waals surface area contributed by atoms with Crippen LogP contribution in [0.3, 0.4) is 0 Å². The fraction of sp³-hybridized carbons (Fsp3) is 0.923. The third kappa shape index (κ3) is 3.35. The zero-order chi connectivity index (χ0) is 12.4. The van der Waals surface area contributed by atoms with E-state index >= 15 is 0 Å². The molecule has 0 radical (unpaired) electrons. The smallest absolute Gasteiger partial charge is 0.317 e. The summed E-state index contributed by atoms with van der Waals surface area (Å²) < 4.78 is 0. The minimum atomic E-state index is 0.0610. The van der Waals surface area contributed by atoms with Crippen LogP contribution in [-0.2, 0) is 0 Å². The zero-order valence-corrected chi connectivity index (χ0v) is 11.2. The Balaban J connectivity index is 1.78. The number of urea groups is 1. The molecule has 2 saturated heterocycles. The number of hydrogen-bond donors (Lipinski definition) is 2. The van der Waals surface area contributed by atoms with Gasteiger partial charge < -0.3 is 15.5 Å². The molecule has 0 spiro atoms. The molecule has 2 unspecified atom stereocenters. The van der Waals surface area contributed by atoms with Gasteiger partial charge in [0.15, 0.2) is 0 Å². The van der Waals surface area contributed by atoms with E-state index in [1.54, 1.807) is 0 Å². The molecule has 2 aliphatic heterocycles. The predicted octanol–water partition coefficient (Wildman–Crippen LogP) is 1.57. The molecule has 2 bridgehead atoms. The Bertz CT molecular complexity index is 268. The van der Waals surface area contributed by atoms with Gasteiger partial charge in [0.25, 0.3) is 0 Å². The summed E-state index contributed by atoms with van der Waals surface area (Å²) in [6, 6.07) is 1.70. The van der Waals surface area contributed by atoms with Gasteiger partial charge in [0.1, 0.15) is 0 Å². The summed E-state index contributed by atoms with van der Waals surface area (Å²) in [5.41, 5.74) is 0. The maximum absolute atomic E-state index is 11.8. The molecule has 2 atom stereocenters. The van der Waals surface area contributed by atoms with E-state index in [9.17, 15) is 4.79 Å². The first-order chi connectivity index (χ1) is 8.04. The van der Waals surface area contributed by atoms with Gasteiger partial charge in [-0.25, -0.2) is 4.79 Å². The first kappa shape index (κ1) is 12.7. The number of carbonyl (C=O) groups excluding carboxylic acids is 1. The minimum Gasteiger partial charge on any atom is -0.336 e. The molecule has 0 aliphatic carbocycles. The zero-order valence-electron chi connectivity index (χ0n) is 11.2. The molecule has 0 saturated carbocycles. The van der Waals surface area contributed by atoms with Gasteiger partial charge in [-0.05, 0) is 45.4 Å². The Morgan fingerprint density at radius 2 is 1.94 bits per heavy atom. The molecule has 2 amide bonds. The van der Waals surface area contributed by atoms with Crippen molar-refractivity contribution in [1.82, 2.24) is 15.5 Å². The van der Waals surface area contributed by atoms with E-state index in [-0.39, 0.29) is 12.1 Å². The fourth-order valence-electron chi connectivity index (χ4n) is 3.15. The van der Waals surface area contributed by atoms with Crippen LogP contribution in [0.5, 0.6) is 0 Å². The van der Waals surface area contributed by atoms with E-state index in [4.69, 9.17) is 0 Å². The number of fused-ring (bicyclic) bond motifs is 2. The molecule has 0 aromatic rings. The number of hydrogen-bond acceptors (Lipinski definition) is 2. The van der Waals surface area contributed by atoms with Crippen LogP contribution in [0.15, 0.2) is 0 Å². The predicted molar refractivity (Wildman–Crippen MR) is 69.0 cm³/mol. The van der Waals surface area contributed by atoms with Crippen LogP contribution in [0.2, 0.25) is 0 Å². The molecular formula is C13H25N3O. The van der Waals surface area contributed by atoms with Gasteiger partial charge in [-0.15, -0.1) is 0 Å². The Hall–Kier alpha value is -0.770. The monoisotopic (exact) mass is 239 g/mol. The van der Waals surface area contributed by atoms with Crippen LogP contribution in [0, 0.1) is 5.92 Å². The van der Waals surface area contributed by atoms with E-state index in [0.717, 1.165) is 6.54 Å². The van der Waals surface area contributed by atoms with E-state index in [2.05, 4.69) is 10.6 Å². The maximum atomic E-state index is 11.8. The number of rotatable bonds is 3. The van der Waals surface area contributed by atoms with E-state index in [1.807, 2.05) is 25.8 Å². The van der Waals surface area contributed by atoms with Gasteiger partial charge in [-0.3, -0.25) is 0 Å². The Kier molecular flexibility index (Phi) is 3.92. The normalized spacial score (nSPS) is 31.6. The lowest BCUT2D eigenvalue weighted by Crippen LogP contribution is -2.46. The molecule has 2 aliphatic rings. The van der Waals surface area contributed by atoms with E-state index < -0.39 is 0 Å². The lowest BCUT2D eigenvalue weighted by atomic mass is 9.92. The van der Waals surface area contributed by atoms with Crippen LogP contribution in [0.4, 0.5) is 4.79 Å². The summed E-state index contributed by atoms with van der Waals surface area (Å²) in [6.07, 6.45) is 5.11. The minimum absolute atomic E-state index is 0.0610. The first-order valence-electron chi connectivity index (χ1n) is 6.82. The molecular weight excluding hydrogens is 214 g/mol. The number of carbonyl (C=O) groups is 1. The Labute approximate surface area is 104 Å². The number of nitrogens with zero attached hydrogens (tertiary/aromatic N) is 1. The summed E-state index contributed by atoms with van der Waals surface area (Å²) in [5, 5.41) is 6.58. The molecule has 2 N–H and O–H groups in total. The van der Waals surface area contributed by atoms with Crippen molar-refractivity contribution in [3.63, 3.8) is 0 Å². The highest BCUT2D eigenvalue weighted by atomic mass is 16.2. The van der Waals surface area contributed by atoms with Gasteiger partial charge >= 0.3 is 6.03 Å². The van der Waals surface area contributed by atoms with Crippen molar-refractivity contribution in [2.75, 3.05) is 13.6 Å². The Morgan fingerprint density at radius 1 is 1.35 bits per heavy atom. The van der Waals surface area contributed by atoms with Gasteiger partial charge in [-0.2, -0.15) is 0 Å². The van der Waals surface area contributed by atoms with Crippen molar-refractivity contribution in [3.05, 3.63) is 0 Å². The number of nitrogens with one attached hydrogen (secondary N) is 2. The maximum Gasteiger partial charge on any atom is 0.317 e. The molecule has 98 valence electrons. The van der Waals surface area contributed by atoms with Crippen molar-refractivity contribution in [3.8, 4) is 0 Å². The molecule has 4 heteroatoms. The van der Waals surface area contributed by atoms with Crippen molar-refractivity contribution in [2.45, 2.75) is 57.7 Å². The Morgan fingerprint density at radius 3 is 2.47 bits per heavy atom. The van der Waals surface area contributed by atoms with Crippen LogP contribution in [0.1, 0.15) is 39.5 Å². The first-order valence-corrected chi connectivity index (χ1v) is 6.82. The summed E-state index contributed by atoms with van der Waals surface area (Å²) in [4.78, 5) is 13.6. The van der Waals surface area contributed by atoms with Gasteiger partial charge in [0.2, 0.25) is 0 Å². The quantitative estimate of drug-likeness (QED) is 0.785. The summed E-state index contributed by atoms with van der Waals surface area (Å²) in [7, 11) is 1.90. The van der Waals surface area contributed by atoms with Crippen molar-refractivity contribution < 1.29 is 4.79 Å². The van der Waals surface area contributed by atoms with Crippen LogP contribution < -0.4 is 10.6 Å². The average Bonchev–Trinajstić information content (AvgIpc) is 2.57. The SMILES string of the molecule is CC(C)NC(=O)N(C)CC1CC2CCC(C1)N2. The highest BCUT2D eigenvalue weighted by Gasteiger charge is 2.34. The lowest BCUT2D eigenvalue weighted by Gasteiger charge is -2.32. The van der Waals surface area contributed by atoms with Gasteiger partial charge in [-0.1, -0.05) is 0 Å². The van der Waals surface area contributed by atoms with Crippen LogP contribution in [-0.4, -0.2) is 42.6 Å². The second kappa shape index (κ2) is 5.25. The van der Waals surface area contributed by atoms with Crippen LogP contribution >= 0.6 is 0 Å².